The zero-order valence-corrected chi connectivity index (χ0v) is 22.2. The molecule has 4 aromatic rings. The largest absolute Gasteiger partial charge is 0.195 e. The minimum Gasteiger partial charge on any atom is -0.195 e. The molecule has 0 nitrogen and oxygen atoms in total. The Labute approximate surface area is 220 Å². The molecule has 0 fully saturated rings. The molecular weight excluding hydrogens is 431 g/mol. The van der Waals surface area contributed by atoms with Crippen molar-refractivity contribution >= 4 is 28.0 Å². The molecule has 0 heterocycles. The van der Waals surface area contributed by atoms with E-state index in [0.717, 1.165) is 0 Å². The fraction of sp³-hybridized carbons (Fsp3) is 0.257. The summed E-state index contributed by atoms with van der Waals surface area (Å²) in [5.74, 6) is 0. The average molecular weight is 474 g/mol. The van der Waals surface area contributed by atoms with Gasteiger partial charge in [0.05, 0.1) is 0 Å². The highest BCUT2D eigenvalue weighted by molar-refractivity contribution is 7.19. The Bertz CT molecular complexity index is 939. The molecule has 0 saturated heterocycles. The monoisotopic (exact) mass is 473 g/mol. The number of allylic oxidation sites excluding steroid dienone is 2. The second-order valence-electron chi connectivity index (χ2n) is 9.62. The fourth-order valence-electron chi connectivity index (χ4n) is 5.21. The molecular formula is C35H42B-. The van der Waals surface area contributed by atoms with Crippen molar-refractivity contribution in [2.45, 2.75) is 58.8 Å². The number of hydrogen-bond acceptors (Lipinski definition) is 0. The third-order valence-corrected chi connectivity index (χ3v) is 7.04. The number of hydrogen-bond donors (Lipinski definition) is 0. The van der Waals surface area contributed by atoms with Gasteiger partial charge < -0.3 is 0 Å². The summed E-state index contributed by atoms with van der Waals surface area (Å²) in [5, 5.41) is 0. The van der Waals surface area contributed by atoms with Gasteiger partial charge in [0.2, 0.25) is 0 Å². The SMILES string of the molecule is CCCC=CCCCCCC.c1ccc([B-](c2ccccc2)(c2ccccc2)c2ccccc2)cc1. The van der Waals surface area contributed by atoms with Gasteiger partial charge in [0.1, 0.15) is 6.15 Å². The van der Waals surface area contributed by atoms with E-state index in [4.69, 9.17) is 0 Å². The molecule has 0 N–H and O–H groups in total. The maximum Gasteiger partial charge on any atom is 0.108 e. The van der Waals surface area contributed by atoms with Gasteiger partial charge in [-0.25, -0.2) is 0 Å². The topological polar surface area (TPSA) is 0 Å². The Kier molecular flexibility index (Phi) is 11.8. The van der Waals surface area contributed by atoms with Crippen LogP contribution in [0.5, 0.6) is 0 Å². The molecule has 0 spiro atoms. The third-order valence-electron chi connectivity index (χ3n) is 7.04. The van der Waals surface area contributed by atoms with Gasteiger partial charge in [-0.15, -0.1) is 0 Å². The maximum atomic E-state index is 2.33. The zero-order valence-electron chi connectivity index (χ0n) is 22.2. The molecule has 1 heteroatoms. The first-order valence-corrected chi connectivity index (χ1v) is 13.9. The predicted octanol–water partition coefficient (Wildman–Crippen LogP) is 7.38. The fourth-order valence-corrected chi connectivity index (χ4v) is 5.21. The van der Waals surface area contributed by atoms with Crippen LogP contribution in [-0.4, -0.2) is 6.15 Å². The van der Waals surface area contributed by atoms with E-state index in [1.54, 1.807) is 0 Å². The summed E-state index contributed by atoms with van der Waals surface area (Å²) >= 11 is 0. The van der Waals surface area contributed by atoms with E-state index in [-0.39, 0.29) is 0 Å². The van der Waals surface area contributed by atoms with Crippen LogP contribution in [0.3, 0.4) is 0 Å². The van der Waals surface area contributed by atoms with Gasteiger partial charge in [-0.1, -0.05) is 173 Å². The normalized spacial score (nSPS) is 11.2. The van der Waals surface area contributed by atoms with Crippen LogP contribution in [0.1, 0.15) is 58.8 Å². The van der Waals surface area contributed by atoms with E-state index in [1.807, 2.05) is 0 Å². The molecule has 0 aliphatic heterocycles. The lowest BCUT2D eigenvalue weighted by atomic mass is 9.13. The number of benzene rings is 4. The van der Waals surface area contributed by atoms with Crippen LogP contribution >= 0.6 is 0 Å². The van der Waals surface area contributed by atoms with E-state index in [0.29, 0.717) is 0 Å². The Balaban J connectivity index is 0.000000280. The Morgan fingerprint density at radius 1 is 0.417 bits per heavy atom. The summed E-state index contributed by atoms with van der Waals surface area (Å²) in [6.07, 6.45) is 12.8. The summed E-state index contributed by atoms with van der Waals surface area (Å²) in [6, 6.07) is 43.5. The van der Waals surface area contributed by atoms with Gasteiger partial charge in [0, 0.05) is 0 Å². The van der Waals surface area contributed by atoms with Crippen molar-refractivity contribution in [1.82, 2.24) is 0 Å². The lowest BCUT2D eigenvalue weighted by molar-refractivity contribution is 0.673. The molecule has 0 unspecified atom stereocenters. The molecule has 0 bridgehead atoms. The first kappa shape index (κ1) is 27.3. The lowest BCUT2D eigenvalue weighted by Crippen LogP contribution is -2.74. The highest BCUT2D eigenvalue weighted by Crippen LogP contribution is 2.09. The van der Waals surface area contributed by atoms with Gasteiger partial charge in [-0.3, -0.25) is 0 Å². The molecule has 0 aromatic heterocycles. The van der Waals surface area contributed by atoms with Gasteiger partial charge in [-0.2, -0.15) is 21.9 Å². The van der Waals surface area contributed by atoms with Crippen molar-refractivity contribution in [2.24, 2.45) is 0 Å². The minimum absolute atomic E-state index is 1.22. The smallest absolute Gasteiger partial charge is 0.108 e. The Morgan fingerprint density at radius 2 is 0.778 bits per heavy atom. The first-order chi connectivity index (χ1) is 17.8. The van der Waals surface area contributed by atoms with Crippen LogP contribution in [0.15, 0.2) is 133 Å². The van der Waals surface area contributed by atoms with E-state index in [2.05, 4.69) is 147 Å². The summed E-state index contributed by atoms with van der Waals surface area (Å²) in [5.41, 5.74) is 5.36. The Morgan fingerprint density at radius 3 is 1.11 bits per heavy atom. The van der Waals surface area contributed by atoms with Crippen molar-refractivity contribution in [3.8, 4) is 0 Å². The van der Waals surface area contributed by atoms with E-state index < -0.39 is 6.15 Å². The highest BCUT2D eigenvalue weighted by atomic mass is 14.1. The van der Waals surface area contributed by atoms with E-state index in [9.17, 15) is 0 Å². The molecule has 0 aliphatic rings. The maximum absolute atomic E-state index is 2.33. The van der Waals surface area contributed by atoms with Crippen LogP contribution in [0.2, 0.25) is 0 Å². The molecule has 4 aromatic carbocycles. The van der Waals surface area contributed by atoms with Gasteiger partial charge in [0.25, 0.3) is 0 Å². The second kappa shape index (κ2) is 15.6. The Hall–Kier alpha value is -3.32. The highest BCUT2D eigenvalue weighted by Gasteiger charge is 2.30. The number of unbranched alkanes of at least 4 members (excludes halogenated alkanes) is 5. The van der Waals surface area contributed by atoms with Crippen LogP contribution in [0.4, 0.5) is 0 Å². The predicted molar refractivity (Wildman–Crippen MR) is 163 cm³/mol. The zero-order chi connectivity index (χ0) is 25.3. The molecule has 186 valence electrons. The second-order valence-corrected chi connectivity index (χ2v) is 9.62. The average Bonchev–Trinajstić information content (AvgIpc) is 2.96. The van der Waals surface area contributed by atoms with Crippen LogP contribution in [0, 0.1) is 0 Å². The molecule has 0 aliphatic carbocycles. The van der Waals surface area contributed by atoms with Crippen molar-refractivity contribution in [1.29, 1.82) is 0 Å². The lowest BCUT2D eigenvalue weighted by Gasteiger charge is -2.44. The summed E-state index contributed by atoms with van der Waals surface area (Å²) in [6.45, 7) is 4.48. The molecule has 4 rings (SSSR count). The third kappa shape index (κ3) is 7.34. The van der Waals surface area contributed by atoms with Crippen molar-refractivity contribution in [2.75, 3.05) is 0 Å². The van der Waals surface area contributed by atoms with Crippen molar-refractivity contribution < 1.29 is 0 Å². The van der Waals surface area contributed by atoms with E-state index in [1.165, 1.54) is 66.8 Å². The quantitative estimate of drug-likeness (QED) is 0.121. The van der Waals surface area contributed by atoms with Gasteiger partial charge in [0.15, 0.2) is 0 Å². The molecule has 0 amide bonds. The van der Waals surface area contributed by atoms with Crippen LogP contribution in [0.25, 0.3) is 0 Å². The molecule has 0 atom stereocenters. The molecule has 0 radical (unpaired) electrons. The van der Waals surface area contributed by atoms with Crippen LogP contribution < -0.4 is 21.9 Å². The van der Waals surface area contributed by atoms with Crippen molar-refractivity contribution in [3.05, 3.63) is 133 Å². The molecule has 36 heavy (non-hydrogen) atoms. The first-order valence-electron chi connectivity index (χ1n) is 13.9. The summed E-state index contributed by atoms with van der Waals surface area (Å²) in [7, 11) is 0. The standard InChI is InChI=1S/C24H20B.C11H22/c1-5-13-21(14-6-1)25(22-15-7-2-8-16-22,23-17-9-3-10-18-23)24-19-11-4-12-20-24;1-3-5-7-9-11-10-8-6-4-2/h1-20H;7,9H,3-6,8,10-11H2,1-2H3/q-1;. The molecule has 0 saturated carbocycles. The minimum atomic E-state index is -1.22. The van der Waals surface area contributed by atoms with Gasteiger partial charge >= 0.3 is 0 Å². The van der Waals surface area contributed by atoms with E-state index >= 15 is 0 Å². The van der Waals surface area contributed by atoms with Crippen LogP contribution in [-0.2, 0) is 0 Å². The summed E-state index contributed by atoms with van der Waals surface area (Å²) < 4.78 is 0. The number of rotatable bonds is 11. The van der Waals surface area contributed by atoms with Gasteiger partial charge in [-0.05, 0) is 19.3 Å². The summed E-state index contributed by atoms with van der Waals surface area (Å²) in [4.78, 5) is 0. The van der Waals surface area contributed by atoms with Crippen molar-refractivity contribution in [3.63, 3.8) is 0 Å².